The van der Waals surface area contributed by atoms with Crippen molar-refractivity contribution >= 4 is 44.2 Å². The molecule has 3 rings (SSSR count). The quantitative estimate of drug-likeness (QED) is 0.749. The lowest BCUT2D eigenvalue weighted by molar-refractivity contribution is -0.136. The number of rotatable bonds is 4. The molecule has 2 aromatic heterocycles. The summed E-state index contributed by atoms with van der Waals surface area (Å²) in [5.74, 6) is -0.816. The second-order valence-corrected chi connectivity index (χ2v) is 6.20. The van der Waals surface area contributed by atoms with Crippen molar-refractivity contribution in [3.8, 4) is 0 Å². The van der Waals surface area contributed by atoms with Crippen molar-refractivity contribution in [3.05, 3.63) is 24.3 Å². The maximum atomic E-state index is 11.1. The molecule has 0 saturated carbocycles. The van der Waals surface area contributed by atoms with E-state index in [4.69, 9.17) is 5.11 Å². The lowest BCUT2D eigenvalue weighted by atomic mass is 10.3. The molecule has 0 fully saturated rings. The number of aliphatic carboxylic acids is 1. The summed E-state index contributed by atoms with van der Waals surface area (Å²) in [5, 5.41) is 17.5. The molecule has 1 unspecified atom stereocenters. The van der Waals surface area contributed by atoms with Gasteiger partial charge in [0.15, 0.2) is 5.16 Å². The zero-order valence-electron chi connectivity index (χ0n) is 10.1. The van der Waals surface area contributed by atoms with Crippen molar-refractivity contribution in [2.75, 3.05) is 0 Å². The Kier molecular flexibility index (Phi) is 3.16. The third kappa shape index (κ3) is 2.08. The van der Waals surface area contributed by atoms with E-state index >= 15 is 0 Å². The van der Waals surface area contributed by atoms with Gasteiger partial charge in [-0.2, -0.15) is 0 Å². The van der Waals surface area contributed by atoms with Crippen LogP contribution in [0.2, 0.25) is 0 Å². The van der Waals surface area contributed by atoms with E-state index in [2.05, 4.69) is 10.2 Å². The van der Waals surface area contributed by atoms with Crippen LogP contribution in [-0.4, -0.2) is 30.9 Å². The Labute approximate surface area is 117 Å². The van der Waals surface area contributed by atoms with E-state index in [1.165, 1.54) is 11.8 Å². The summed E-state index contributed by atoms with van der Waals surface area (Å²) in [5.41, 5.74) is 1.02. The highest BCUT2D eigenvalue weighted by molar-refractivity contribution is 8.00. The van der Waals surface area contributed by atoms with Crippen LogP contribution in [0.4, 0.5) is 0 Å². The van der Waals surface area contributed by atoms with Crippen molar-refractivity contribution in [2.24, 2.45) is 0 Å². The first-order valence-corrected chi connectivity index (χ1v) is 7.52. The second-order valence-electron chi connectivity index (χ2n) is 4.02. The molecule has 0 saturated heterocycles. The van der Waals surface area contributed by atoms with Crippen LogP contribution in [0.5, 0.6) is 0 Å². The van der Waals surface area contributed by atoms with Gasteiger partial charge in [-0.1, -0.05) is 42.2 Å². The number of thioether (sulfide) groups is 1. The van der Waals surface area contributed by atoms with Crippen LogP contribution in [0.3, 0.4) is 0 Å². The molecule has 0 radical (unpaired) electrons. The van der Waals surface area contributed by atoms with E-state index in [9.17, 15) is 4.79 Å². The monoisotopic (exact) mass is 293 g/mol. The molecule has 1 N–H and O–H groups in total. The van der Waals surface area contributed by atoms with Gasteiger partial charge in [0.05, 0.1) is 10.2 Å². The number of para-hydroxylation sites is 1. The van der Waals surface area contributed by atoms with Crippen molar-refractivity contribution in [1.82, 2.24) is 14.6 Å². The Morgan fingerprint density at radius 1 is 1.47 bits per heavy atom. The number of thiazole rings is 1. The van der Waals surface area contributed by atoms with Gasteiger partial charge in [-0.3, -0.25) is 9.20 Å². The van der Waals surface area contributed by atoms with Crippen LogP contribution in [0, 0.1) is 0 Å². The minimum Gasteiger partial charge on any atom is -0.480 e. The Bertz CT molecular complexity index is 750. The normalized spacial score (nSPS) is 13.1. The number of benzene rings is 1. The highest BCUT2D eigenvalue weighted by atomic mass is 32.2. The van der Waals surface area contributed by atoms with E-state index in [-0.39, 0.29) is 0 Å². The molecule has 0 aliphatic rings. The lowest BCUT2D eigenvalue weighted by Crippen LogP contribution is -2.15. The van der Waals surface area contributed by atoms with Crippen molar-refractivity contribution in [3.63, 3.8) is 0 Å². The third-order valence-corrected chi connectivity index (χ3v) is 5.11. The van der Waals surface area contributed by atoms with Gasteiger partial charge in [-0.15, -0.1) is 10.2 Å². The molecule has 19 heavy (non-hydrogen) atoms. The van der Waals surface area contributed by atoms with Crippen molar-refractivity contribution < 1.29 is 9.90 Å². The van der Waals surface area contributed by atoms with E-state index in [1.807, 2.05) is 35.6 Å². The molecule has 0 spiro atoms. The highest BCUT2D eigenvalue weighted by Crippen LogP contribution is 2.31. The molecule has 98 valence electrons. The number of hydrogen-bond acceptors (Lipinski definition) is 5. The smallest absolute Gasteiger partial charge is 0.317 e. The number of aromatic nitrogens is 3. The average molecular weight is 293 g/mol. The van der Waals surface area contributed by atoms with Crippen molar-refractivity contribution in [1.29, 1.82) is 0 Å². The van der Waals surface area contributed by atoms with E-state index in [0.29, 0.717) is 11.6 Å². The van der Waals surface area contributed by atoms with Gasteiger partial charge in [0.2, 0.25) is 4.96 Å². The van der Waals surface area contributed by atoms with Crippen LogP contribution >= 0.6 is 23.1 Å². The first kappa shape index (κ1) is 12.4. The minimum absolute atomic E-state index is 0.494. The summed E-state index contributed by atoms with van der Waals surface area (Å²) in [4.78, 5) is 11.9. The number of carbonyl (C=O) groups is 1. The maximum absolute atomic E-state index is 11.1. The van der Waals surface area contributed by atoms with Crippen LogP contribution in [-0.2, 0) is 4.79 Å². The number of fused-ring (bicyclic) bond motifs is 3. The Balaban J connectivity index is 2.11. The minimum atomic E-state index is -0.816. The molecule has 0 aliphatic carbocycles. The van der Waals surface area contributed by atoms with Crippen molar-refractivity contribution in [2.45, 2.75) is 23.8 Å². The van der Waals surface area contributed by atoms with Crippen LogP contribution < -0.4 is 0 Å². The largest absolute Gasteiger partial charge is 0.480 e. The Hall–Kier alpha value is -1.60. The predicted octanol–water partition coefficient (Wildman–Crippen LogP) is 2.90. The highest BCUT2D eigenvalue weighted by Gasteiger charge is 2.21. The van der Waals surface area contributed by atoms with Gasteiger partial charge in [0, 0.05) is 0 Å². The number of carboxylic acid groups (broad SMARTS) is 1. The first-order valence-electron chi connectivity index (χ1n) is 5.83. The molecular formula is C12H11N3O2S2. The molecule has 0 bridgehead atoms. The molecule has 0 amide bonds. The predicted molar refractivity (Wildman–Crippen MR) is 75.9 cm³/mol. The van der Waals surface area contributed by atoms with Gasteiger partial charge in [-0.25, -0.2) is 0 Å². The summed E-state index contributed by atoms with van der Waals surface area (Å²) in [6.45, 7) is 1.86. The molecule has 1 atom stereocenters. The summed E-state index contributed by atoms with van der Waals surface area (Å²) in [7, 11) is 0. The second kappa shape index (κ2) is 4.82. The fourth-order valence-electron chi connectivity index (χ4n) is 1.87. The van der Waals surface area contributed by atoms with E-state index in [0.717, 1.165) is 15.2 Å². The zero-order chi connectivity index (χ0) is 13.4. The van der Waals surface area contributed by atoms with Gasteiger partial charge >= 0.3 is 5.97 Å². The number of carboxylic acids is 1. The lowest BCUT2D eigenvalue weighted by Gasteiger charge is -2.06. The Morgan fingerprint density at radius 2 is 2.26 bits per heavy atom. The molecule has 7 heteroatoms. The van der Waals surface area contributed by atoms with E-state index in [1.54, 1.807) is 11.3 Å². The molecule has 1 aromatic carbocycles. The van der Waals surface area contributed by atoms with Gasteiger partial charge < -0.3 is 5.11 Å². The average Bonchev–Trinajstić information content (AvgIpc) is 2.94. The molecule has 5 nitrogen and oxygen atoms in total. The Morgan fingerprint density at radius 3 is 3.00 bits per heavy atom. The standard InChI is InChI=1S/C12H11N3O2S2/c1-2-8(10(16)17)18-11-13-14-12-15(11)7-5-3-4-6-9(7)19-12/h3-6,8H,2H2,1H3,(H,16,17). The van der Waals surface area contributed by atoms with Gasteiger partial charge in [0.1, 0.15) is 5.25 Å². The topological polar surface area (TPSA) is 67.5 Å². The summed E-state index contributed by atoms with van der Waals surface area (Å²) < 4.78 is 3.05. The third-order valence-electron chi connectivity index (χ3n) is 2.80. The molecule has 3 aromatic rings. The first-order chi connectivity index (χ1) is 9.20. The van der Waals surface area contributed by atoms with E-state index < -0.39 is 11.2 Å². The molecular weight excluding hydrogens is 282 g/mol. The molecule has 0 aliphatic heterocycles. The fraction of sp³-hybridized carbons (Fsp3) is 0.250. The summed E-state index contributed by atoms with van der Waals surface area (Å²) >= 11 is 2.80. The molecule has 2 heterocycles. The van der Waals surface area contributed by atoms with Gasteiger partial charge in [-0.05, 0) is 18.6 Å². The maximum Gasteiger partial charge on any atom is 0.317 e. The van der Waals surface area contributed by atoms with Crippen LogP contribution in [0.15, 0.2) is 29.4 Å². The zero-order valence-corrected chi connectivity index (χ0v) is 11.7. The summed E-state index contributed by atoms with van der Waals surface area (Å²) in [6.07, 6.45) is 0.553. The van der Waals surface area contributed by atoms with Gasteiger partial charge in [0.25, 0.3) is 0 Å². The SMILES string of the molecule is CCC(Sc1nnc2sc3ccccc3n12)C(=O)O. The fourth-order valence-corrected chi connectivity index (χ4v) is 3.79. The number of hydrogen-bond donors (Lipinski definition) is 1. The number of nitrogens with zero attached hydrogens (tertiary/aromatic N) is 3. The van der Waals surface area contributed by atoms with Crippen LogP contribution in [0.1, 0.15) is 13.3 Å². The van der Waals surface area contributed by atoms with Crippen LogP contribution in [0.25, 0.3) is 15.2 Å². The summed E-state index contributed by atoms with van der Waals surface area (Å²) in [6, 6.07) is 7.95.